The molecule has 0 aromatic heterocycles. The number of aliphatic carboxylic acids is 1. The van der Waals surface area contributed by atoms with E-state index in [1.54, 1.807) is 30.3 Å². The monoisotopic (exact) mass is 262 g/mol. The average Bonchev–Trinajstić information content (AvgIpc) is 2.44. The van der Waals surface area contributed by atoms with Crippen LogP contribution in [0.2, 0.25) is 0 Å². The first-order valence-electron chi connectivity index (χ1n) is 5.71. The Morgan fingerprint density at radius 1 is 1.11 bits per heavy atom. The fraction of sp³-hybridized carbons (Fsp3) is 0.214. The molecule has 0 aliphatic carbocycles. The summed E-state index contributed by atoms with van der Waals surface area (Å²) in [6, 6.07) is 10.3. The van der Waals surface area contributed by atoms with Gasteiger partial charge in [0.15, 0.2) is 6.10 Å². The number of carboxylic acid groups (broad SMARTS) is 1. The van der Waals surface area contributed by atoms with Crippen LogP contribution < -0.4 is 4.74 Å². The number of rotatable bonds is 4. The Hall–Kier alpha value is -2.11. The molecule has 0 radical (unpaired) electrons. The number of hydrogen-bond acceptors (Lipinski definition) is 4. The standard InChI is InChI=1S/C14H14O5/c1-19-11-7-6-10(12(15)13(16)14(17)18)8-4-2-3-5-9(8)11/h2-7,12-13,15-16H,1H3,(H,17,18). The second-order valence-corrected chi connectivity index (χ2v) is 4.13. The molecule has 0 amide bonds. The van der Waals surface area contributed by atoms with E-state index in [1.807, 2.05) is 6.07 Å². The van der Waals surface area contributed by atoms with E-state index in [0.717, 1.165) is 5.39 Å². The third-order valence-corrected chi connectivity index (χ3v) is 3.01. The summed E-state index contributed by atoms with van der Waals surface area (Å²) in [6.45, 7) is 0. The van der Waals surface area contributed by atoms with Gasteiger partial charge >= 0.3 is 5.97 Å². The summed E-state index contributed by atoms with van der Waals surface area (Å²) in [6.07, 6.45) is -3.36. The minimum absolute atomic E-state index is 0.353. The van der Waals surface area contributed by atoms with Gasteiger partial charge in [-0.3, -0.25) is 0 Å². The number of ether oxygens (including phenoxy) is 1. The molecule has 0 bridgehead atoms. The van der Waals surface area contributed by atoms with Crippen molar-refractivity contribution in [1.82, 2.24) is 0 Å². The number of hydrogen-bond donors (Lipinski definition) is 3. The first-order chi connectivity index (χ1) is 9.06. The van der Waals surface area contributed by atoms with Crippen molar-refractivity contribution in [2.45, 2.75) is 12.2 Å². The quantitative estimate of drug-likeness (QED) is 0.773. The van der Waals surface area contributed by atoms with Gasteiger partial charge in [0.05, 0.1) is 7.11 Å². The molecule has 2 rings (SSSR count). The van der Waals surface area contributed by atoms with Crippen molar-refractivity contribution < 1.29 is 24.9 Å². The molecule has 0 heterocycles. The van der Waals surface area contributed by atoms with E-state index < -0.39 is 18.2 Å². The van der Waals surface area contributed by atoms with Gasteiger partial charge in [-0.15, -0.1) is 0 Å². The van der Waals surface area contributed by atoms with Crippen LogP contribution in [0.4, 0.5) is 0 Å². The summed E-state index contributed by atoms with van der Waals surface area (Å²) in [5.41, 5.74) is 0.353. The number of carbonyl (C=O) groups is 1. The number of methoxy groups -OCH3 is 1. The van der Waals surface area contributed by atoms with Crippen molar-refractivity contribution in [3.63, 3.8) is 0 Å². The number of aliphatic hydroxyl groups excluding tert-OH is 2. The molecule has 0 aliphatic rings. The lowest BCUT2D eigenvalue weighted by Crippen LogP contribution is -2.27. The van der Waals surface area contributed by atoms with Gasteiger partial charge < -0.3 is 20.1 Å². The zero-order valence-electron chi connectivity index (χ0n) is 10.3. The maximum Gasteiger partial charge on any atom is 0.335 e. The molecule has 5 nitrogen and oxygen atoms in total. The van der Waals surface area contributed by atoms with Crippen LogP contribution in [0, 0.1) is 0 Å². The highest BCUT2D eigenvalue weighted by molar-refractivity contribution is 5.91. The predicted molar refractivity (Wildman–Crippen MR) is 69.1 cm³/mol. The van der Waals surface area contributed by atoms with Crippen LogP contribution in [0.5, 0.6) is 5.75 Å². The van der Waals surface area contributed by atoms with Crippen molar-refractivity contribution in [3.05, 3.63) is 42.0 Å². The van der Waals surface area contributed by atoms with Crippen LogP contribution in [-0.4, -0.2) is 34.5 Å². The summed E-state index contributed by atoms with van der Waals surface area (Å²) in [5.74, 6) is -0.844. The van der Waals surface area contributed by atoms with Gasteiger partial charge in [0.25, 0.3) is 0 Å². The first kappa shape index (κ1) is 13.3. The zero-order chi connectivity index (χ0) is 14.0. The average molecular weight is 262 g/mol. The number of carboxylic acids is 1. The van der Waals surface area contributed by atoms with Gasteiger partial charge in [0, 0.05) is 5.39 Å². The van der Waals surface area contributed by atoms with Crippen molar-refractivity contribution in [3.8, 4) is 5.75 Å². The topological polar surface area (TPSA) is 87.0 Å². The maximum absolute atomic E-state index is 10.7. The van der Waals surface area contributed by atoms with Gasteiger partial charge in [0.2, 0.25) is 0 Å². The van der Waals surface area contributed by atoms with E-state index in [1.165, 1.54) is 7.11 Å². The number of fused-ring (bicyclic) bond motifs is 1. The predicted octanol–water partition coefficient (Wildman–Crippen LogP) is 1.33. The molecule has 2 aromatic carbocycles. The Kier molecular flexibility index (Phi) is 3.69. The molecular formula is C14H14O5. The fourth-order valence-electron chi connectivity index (χ4n) is 2.04. The lowest BCUT2D eigenvalue weighted by molar-refractivity contribution is -0.153. The molecule has 2 unspecified atom stereocenters. The smallest absolute Gasteiger partial charge is 0.335 e. The molecule has 100 valence electrons. The minimum Gasteiger partial charge on any atom is -0.496 e. The fourth-order valence-corrected chi connectivity index (χ4v) is 2.04. The Morgan fingerprint density at radius 2 is 1.74 bits per heavy atom. The summed E-state index contributed by atoms with van der Waals surface area (Å²) < 4.78 is 5.21. The molecule has 0 fully saturated rings. The van der Waals surface area contributed by atoms with Crippen LogP contribution in [0.1, 0.15) is 11.7 Å². The van der Waals surface area contributed by atoms with Gasteiger partial charge in [-0.05, 0) is 17.0 Å². The molecule has 0 aliphatic heterocycles. The van der Waals surface area contributed by atoms with Crippen LogP contribution in [0.15, 0.2) is 36.4 Å². The van der Waals surface area contributed by atoms with Crippen LogP contribution >= 0.6 is 0 Å². The van der Waals surface area contributed by atoms with Gasteiger partial charge in [0.1, 0.15) is 11.9 Å². The summed E-state index contributed by atoms with van der Waals surface area (Å²) >= 11 is 0. The zero-order valence-corrected chi connectivity index (χ0v) is 10.3. The van der Waals surface area contributed by atoms with Gasteiger partial charge in [-0.1, -0.05) is 30.3 Å². The summed E-state index contributed by atoms with van der Waals surface area (Å²) in [7, 11) is 1.53. The first-order valence-corrected chi connectivity index (χ1v) is 5.71. The van der Waals surface area contributed by atoms with Crippen molar-refractivity contribution in [1.29, 1.82) is 0 Å². The Labute approximate surface area is 109 Å². The van der Waals surface area contributed by atoms with Crippen LogP contribution in [0.3, 0.4) is 0 Å². The van der Waals surface area contributed by atoms with E-state index >= 15 is 0 Å². The molecule has 0 saturated heterocycles. The SMILES string of the molecule is COc1ccc(C(O)C(O)C(=O)O)c2ccccc12. The maximum atomic E-state index is 10.7. The largest absolute Gasteiger partial charge is 0.496 e. The van der Waals surface area contributed by atoms with Crippen LogP contribution in [0.25, 0.3) is 10.8 Å². The number of aliphatic hydroxyl groups is 2. The summed E-state index contributed by atoms with van der Waals surface area (Å²) in [5, 5.41) is 29.6. The molecular weight excluding hydrogens is 248 g/mol. The Balaban J connectivity index is 2.59. The molecule has 2 aromatic rings. The third-order valence-electron chi connectivity index (χ3n) is 3.01. The highest BCUT2D eigenvalue weighted by Crippen LogP contribution is 2.32. The second-order valence-electron chi connectivity index (χ2n) is 4.13. The normalized spacial score (nSPS) is 14.1. The van der Waals surface area contributed by atoms with E-state index in [-0.39, 0.29) is 0 Å². The molecule has 5 heteroatoms. The highest BCUT2D eigenvalue weighted by Gasteiger charge is 2.26. The molecule has 3 N–H and O–H groups in total. The molecule has 0 saturated carbocycles. The molecule has 19 heavy (non-hydrogen) atoms. The van der Waals surface area contributed by atoms with Crippen molar-refractivity contribution in [2.24, 2.45) is 0 Å². The highest BCUT2D eigenvalue weighted by atomic mass is 16.5. The second kappa shape index (κ2) is 5.26. The third kappa shape index (κ3) is 2.38. The van der Waals surface area contributed by atoms with Gasteiger partial charge in [-0.2, -0.15) is 0 Å². The lowest BCUT2D eigenvalue weighted by atomic mass is 9.97. The Morgan fingerprint density at radius 3 is 2.32 bits per heavy atom. The summed E-state index contributed by atoms with van der Waals surface area (Å²) in [4.78, 5) is 10.7. The lowest BCUT2D eigenvalue weighted by Gasteiger charge is -2.17. The van der Waals surface area contributed by atoms with Crippen LogP contribution in [-0.2, 0) is 4.79 Å². The van der Waals surface area contributed by atoms with E-state index in [2.05, 4.69) is 0 Å². The number of benzene rings is 2. The van der Waals surface area contributed by atoms with Gasteiger partial charge in [-0.25, -0.2) is 4.79 Å². The van der Waals surface area contributed by atoms with E-state index in [0.29, 0.717) is 16.7 Å². The van der Waals surface area contributed by atoms with E-state index in [4.69, 9.17) is 9.84 Å². The minimum atomic E-state index is -1.86. The molecule has 2 atom stereocenters. The van der Waals surface area contributed by atoms with Crippen molar-refractivity contribution >= 4 is 16.7 Å². The van der Waals surface area contributed by atoms with Crippen molar-refractivity contribution in [2.75, 3.05) is 7.11 Å². The Bertz CT molecular complexity index is 608. The van der Waals surface area contributed by atoms with E-state index in [9.17, 15) is 15.0 Å². The molecule has 0 spiro atoms.